The molecule has 0 fully saturated rings. The number of alkyl halides is 3. The Labute approximate surface area is 113 Å². The first kappa shape index (κ1) is 14.8. The van der Waals surface area contributed by atoms with Crippen LogP contribution in [-0.4, -0.2) is 27.9 Å². The van der Waals surface area contributed by atoms with Crippen molar-refractivity contribution in [1.29, 1.82) is 0 Å². The third-order valence-electron chi connectivity index (χ3n) is 2.87. The van der Waals surface area contributed by atoms with Crippen LogP contribution in [0.3, 0.4) is 0 Å². The number of aromatic nitrogens is 2. The molecule has 110 valence electrons. The molecule has 4 nitrogen and oxygen atoms in total. The van der Waals surface area contributed by atoms with Crippen molar-refractivity contribution in [3.8, 4) is 0 Å². The number of rotatable bonds is 4. The molecule has 0 aliphatic carbocycles. The number of aliphatic hydroxyl groups excluding tert-OH is 1. The van der Waals surface area contributed by atoms with E-state index in [0.29, 0.717) is 11.3 Å². The van der Waals surface area contributed by atoms with Crippen LogP contribution in [0.1, 0.15) is 18.3 Å². The van der Waals surface area contributed by atoms with E-state index in [0.717, 1.165) is 12.1 Å². The first-order chi connectivity index (χ1) is 9.32. The molecule has 7 heteroatoms. The van der Waals surface area contributed by atoms with Crippen molar-refractivity contribution in [2.24, 2.45) is 0 Å². The molecule has 0 aliphatic rings. The number of fused-ring (bicyclic) bond motifs is 1. The number of ether oxygens (including phenoxy) is 1. The van der Waals surface area contributed by atoms with Crippen LogP contribution in [0.25, 0.3) is 11.0 Å². The summed E-state index contributed by atoms with van der Waals surface area (Å²) >= 11 is 0. The van der Waals surface area contributed by atoms with Crippen molar-refractivity contribution in [3.05, 3.63) is 29.6 Å². The van der Waals surface area contributed by atoms with Gasteiger partial charge in [-0.1, -0.05) is 0 Å². The fourth-order valence-electron chi connectivity index (χ4n) is 2.06. The maximum absolute atomic E-state index is 12.7. The quantitative estimate of drug-likeness (QED) is 0.940. The van der Waals surface area contributed by atoms with Gasteiger partial charge in [0.05, 0.1) is 29.2 Å². The van der Waals surface area contributed by atoms with Crippen LogP contribution in [-0.2, 0) is 24.1 Å². The van der Waals surface area contributed by atoms with Crippen LogP contribution >= 0.6 is 0 Å². The summed E-state index contributed by atoms with van der Waals surface area (Å²) in [7, 11) is 1.48. The van der Waals surface area contributed by atoms with E-state index in [-0.39, 0.29) is 18.7 Å². The van der Waals surface area contributed by atoms with Gasteiger partial charge in [-0.05, 0) is 25.1 Å². The summed E-state index contributed by atoms with van der Waals surface area (Å²) in [6.45, 7) is 2.02. The third-order valence-corrected chi connectivity index (χ3v) is 2.87. The summed E-state index contributed by atoms with van der Waals surface area (Å²) in [4.78, 5) is 4.16. The van der Waals surface area contributed by atoms with Gasteiger partial charge < -0.3 is 14.4 Å². The minimum Gasteiger partial charge on any atom is -0.392 e. The van der Waals surface area contributed by atoms with Crippen molar-refractivity contribution in [3.63, 3.8) is 0 Å². The fraction of sp³-hybridized carbons (Fsp3) is 0.462. The van der Waals surface area contributed by atoms with Gasteiger partial charge >= 0.3 is 6.18 Å². The molecule has 0 bridgehead atoms. The highest BCUT2D eigenvalue weighted by Crippen LogP contribution is 2.31. The normalized spacial score (nSPS) is 13.9. The second-order valence-corrected chi connectivity index (χ2v) is 4.62. The van der Waals surface area contributed by atoms with Crippen molar-refractivity contribution >= 4 is 11.0 Å². The number of hydrogen-bond donors (Lipinski definition) is 1. The van der Waals surface area contributed by atoms with E-state index in [1.54, 1.807) is 11.5 Å². The van der Waals surface area contributed by atoms with Crippen molar-refractivity contribution in [2.45, 2.75) is 32.4 Å². The number of halogens is 3. The molecular formula is C13H15F3N2O2. The van der Waals surface area contributed by atoms with E-state index in [9.17, 15) is 18.3 Å². The number of benzene rings is 1. The predicted octanol–water partition coefficient (Wildman–Crippen LogP) is 2.58. The largest absolute Gasteiger partial charge is 0.416 e. The average Bonchev–Trinajstić information content (AvgIpc) is 2.65. The van der Waals surface area contributed by atoms with E-state index in [1.807, 2.05) is 0 Å². The maximum atomic E-state index is 12.7. The molecule has 0 aliphatic heterocycles. The lowest BCUT2D eigenvalue weighted by Gasteiger charge is -2.11. The Morgan fingerprint density at radius 3 is 2.65 bits per heavy atom. The van der Waals surface area contributed by atoms with Crippen LogP contribution in [0.2, 0.25) is 0 Å². The number of nitrogens with zero attached hydrogens (tertiary/aromatic N) is 2. The minimum atomic E-state index is -4.40. The molecule has 0 saturated heterocycles. The van der Waals surface area contributed by atoms with Crippen LogP contribution in [0.15, 0.2) is 18.2 Å². The van der Waals surface area contributed by atoms with E-state index in [4.69, 9.17) is 4.74 Å². The third kappa shape index (κ3) is 2.94. The van der Waals surface area contributed by atoms with E-state index < -0.39 is 17.8 Å². The zero-order valence-corrected chi connectivity index (χ0v) is 11.1. The van der Waals surface area contributed by atoms with Crippen LogP contribution in [0.5, 0.6) is 0 Å². The zero-order valence-electron chi connectivity index (χ0n) is 11.1. The average molecular weight is 288 g/mol. The molecule has 0 radical (unpaired) electrons. The molecule has 1 unspecified atom stereocenters. The van der Waals surface area contributed by atoms with Crippen LogP contribution in [0, 0.1) is 0 Å². The second kappa shape index (κ2) is 5.41. The molecule has 0 saturated carbocycles. The van der Waals surface area contributed by atoms with Gasteiger partial charge in [-0.25, -0.2) is 4.98 Å². The van der Waals surface area contributed by atoms with Gasteiger partial charge in [0.15, 0.2) is 0 Å². The van der Waals surface area contributed by atoms with Gasteiger partial charge in [0.2, 0.25) is 0 Å². The van der Waals surface area contributed by atoms with Crippen molar-refractivity contribution in [2.75, 3.05) is 7.11 Å². The lowest BCUT2D eigenvalue weighted by Crippen LogP contribution is -2.14. The van der Waals surface area contributed by atoms with Gasteiger partial charge in [0.1, 0.15) is 12.4 Å². The lowest BCUT2D eigenvalue weighted by atomic mass is 10.2. The van der Waals surface area contributed by atoms with Gasteiger partial charge in [0.25, 0.3) is 0 Å². The zero-order chi connectivity index (χ0) is 14.9. The van der Waals surface area contributed by atoms with E-state index in [2.05, 4.69) is 4.98 Å². The first-order valence-electron chi connectivity index (χ1n) is 6.06. The molecule has 2 rings (SSSR count). The topological polar surface area (TPSA) is 47.3 Å². The maximum Gasteiger partial charge on any atom is 0.416 e. The van der Waals surface area contributed by atoms with E-state index >= 15 is 0 Å². The lowest BCUT2D eigenvalue weighted by molar-refractivity contribution is -0.137. The van der Waals surface area contributed by atoms with Crippen molar-refractivity contribution < 1.29 is 23.0 Å². The van der Waals surface area contributed by atoms with E-state index in [1.165, 1.54) is 13.2 Å². The Morgan fingerprint density at radius 2 is 2.10 bits per heavy atom. The van der Waals surface area contributed by atoms with Crippen LogP contribution < -0.4 is 0 Å². The number of imidazole rings is 1. The van der Waals surface area contributed by atoms with Crippen LogP contribution in [0.4, 0.5) is 13.2 Å². The summed E-state index contributed by atoms with van der Waals surface area (Å²) in [6.07, 6.45) is -5.03. The molecule has 1 aromatic heterocycles. The molecule has 1 heterocycles. The summed E-state index contributed by atoms with van der Waals surface area (Å²) in [5, 5.41) is 9.49. The molecule has 20 heavy (non-hydrogen) atoms. The Kier molecular flexibility index (Phi) is 4.01. The fourth-order valence-corrected chi connectivity index (χ4v) is 2.06. The monoisotopic (exact) mass is 288 g/mol. The SMILES string of the molecule is COCc1nc2cc(C(F)(F)F)ccc2n1CC(C)O. The molecule has 0 amide bonds. The molecule has 0 spiro atoms. The summed E-state index contributed by atoms with van der Waals surface area (Å²) < 4.78 is 44.7. The van der Waals surface area contributed by atoms with Crippen molar-refractivity contribution in [1.82, 2.24) is 9.55 Å². The first-order valence-corrected chi connectivity index (χ1v) is 6.06. The Morgan fingerprint density at radius 1 is 1.40 bits per heavy atom. The molecule has 1 aromatic carbocycles. The summed E-state index contributed by atoms with van der Waals surface area (Å²) in [6, 6.07) is 3.39. The highest BCUT2D eigenvalue weighted by molar-refractivity contribution is 5.77. The molecule has 1 N–H and O–H groups in total. The van der Waals surface area contributed by atoms with Gasteiger partial charge in [-0.3, -0.25) is 0 Å². The second-order valence-electron chi connectivity index (χ2n) is 4.62. The number of methoxy groups -OCH3 is 1. The smallest absolute Gasteiger partial charge is 0.392 e. The standard InChI is InChI=1S/C13H15F3N2O2/c1-8(19)6-18-11-4-3-9(13(14,15)16)5-10(11)17-12(18)7-20-2/h3-5,8,19H,6-7H2,1-2H3. The Hall–Kier alpha value is -1.60. The molecular weight excluding hydrogens is 273 g/mol. The number of hydrogen-bond acceptors (Lipinski definition) is 3. The Bertz CT molecular complexity index is 605. The summed E-state index contributed by atoms with van der Waals surface area (Å²) in [5.41, 5.74) is 0.0501. The highest BCUT2D eigenvalue weighted by Gasteiger charge is 2.31. The van der Waals surface area contributed by atoms with Gasteiger partial charge in [-0.2, -0.15) is 13.2 Å². The highest BCUT2D eigenvalue weighted by atomic mass is 19.4. The van der Waals surface area contributed by atoms with Gasteiger partial charge in [-0.15, -0.1) is 0 Å². The molecule has 2 aromatic rings. The predicted molar refractivity (Wildman–Crippen MR) is 67.1 cm³/mol. The Balaban J connectivity index is 2.55. The minimum absolute atomic E-state index is 0.169. The molecule has 1 atom stereocenters. The summed E-state index contributed by atoms with van der Waals surface area (Å²) in [5.74, 6) is 0.489. The van der Waals surface area contributed by atoms with Gasteiger partial charge in [0, 0.05) is 7.11 Å². The number of aliphatic hydroxyl groups is 1.